The van der Waals surface area contributed by atoms with Gasteiger partial charge in [-0.1, -0.05) is 193 Å². The number of ketones is 4. The van der Waals surface area contributed by atoms with Crippen molar-refractivity contribution in [2.45, 2.75) is 273 Å². The Morgan fingerprint density at radius 2 is 0.803 bits per heavy atom. The summed E-state index contributed by atoms with van der Waals surface area (Å²) in [5, 5.41) is 64.0. The number of aromatic nitrogens is 7. The van der Waals surface area contributed by atoms with Crippen molar-refractivity contribution < 1.29 is 86.7 Å². The first-order valence-electron chi connectivity index (χ1n) is 48.5. The number of benzene rings is 5. The van der Waals surface area contributed by atoms with Crippen LogP contribution in [0.5, 0.6) is 0 Å². The second-order valence-corrected chi connectivity index (χ2v) is 42.9. The Morgan fingerprint density at radius 1 is 0.437 bits per heavy atom. The molecule has 5 N–H and O–H groups in total. The van der Waals surface area contributed by atoms with Crippen molar-refractivity contribution in [1.29, 1.82) is 0 Å². The van der Waals surface area contributed by atoms with Crippen molar-refractivity contribution in [3.05, 3.63) is 253 Å². The van der Waals surface area contributed by atoms with Crippen molar-refractivity contribution in [3.8, 4) is 42.6 Å². The number of oxazole rings is 1. The fourth-order valence-electron chi connectivity index (χ4n) is 19.7. The van der Waals surface area contributed by atoms with Gasteiger partial charge in [0.05, 0.1) is 126 Å². The minimum absolute atomic E-state index is 0.0223. The monoisotopic (exact) mass is 1990 g/mol. The summed E-state index contributed by atoms with van der Waals surface area (Å²) in [5.41, 5.74) is 20.3. The Morgan fingerprint density at radius 3 is 1.13 bits per heavy atom. The van der Waals surface area contributed by atoms with Gasteiger partial charge in [0.25, 0.3) is 5.91 Å². The molecular formula is C109H128N12O18S3. The smallest absolute Gasteiger partial charge is 0.255 e. The van der Waals surface area contributed by atoms with Crippen LogP contribution in [0.3, 0.4) is 0 Å². The molecule has 5 aromatic carbocycles. The average molecular weight is 1990 g/mol. The molecule has 12 heterocycles. The first-order valence-corrected chi connectivity index (χ1v) is 51.2. The van der Waals surface area contributed by atoms with Gasteiger partial charge in [-0.3, -0.25) is 43.2 Å². The molecular weight excluding hydrogens is 1860 g/mol. The molecule has 0 radical (unpaired) electrons. The van der Waals surface area contributed by atoms with E-state index >= 15 is 0 Å². The quantitative estimate of drug-likeness (QED) is 0.0279. The average Bonchev–Trinajstić information content (AvgIpc) is 1.60. The molecule has 17 rings (SSSR count). The number of β-amino-alcohol motifs (C(OH)–C–C–N with tert-alkyl or cyclic N) is 4. The predicted molar refractivity (Wildman–Crippen MR) is 539 cm³/mol. The second-order valence-electron chi connectivity index (χ2n) is 40.4. The maximum Gasteiger partial charge on any atom is 0.255 e. The number of amides is 5. The highest BCUT2D eigenvalue weighted by Gasteiger charge is 2.52. The van der Waals surface area contributed by atoms with E-state index in [0.717, 1.165) is 93.2 Å². The van der Waals surface area contributed by atoms with Gasteiger partial charge in [-0.05, 0) is 148 Å². The van der Waals surface area contributed by atoms with E-state index in [2.05, 4.69) is 59.7 Å². The maximum absolute atomic E-state index is 13.9. The SMILES string of the molecule is CC[C@@H](C(=O)N1C[C@H](O)C[C@H]1C(=O)CCc1ccc(-c2scnc2C)cc1)c1cc(C)no1.Cc1cc([C@H](C(=O)N2C[C@H](O)C[C@H]2C(=O)CCc2ccc(-c3ocnc3C)cc2)C(C)(C)C)on1.Cc1cc([C@H](C(=O)N2C[C@H](O)C[C@H]2C(=O)CCc2ccc(-c3scnc3C)cc2)C(C)(C)C)on1.Cc1ncsc1-c1ccc(CCC(=O)[C@@H]2[C@@H](O)[C@@H](O)CN2C(=O)[C@H](C(C)C)N2Cc3ccccc3C2=O)cc1. The van der Waals surface area contributed by atoms with Crippen LogP contribution < -0.4 is 0 Å². The Labute approximate surface area is 839 Å². The number of aryl methyl sites for hydroxylation is 11. The molecule has 5 aliphatic rings. The molecule has 0 bridgehead atoms. The summed E-state index contributed by atoms with van der Waals surface area (Å²) in [4.78, 5) is 149. The van der Waals surface area contributed by atoms with Crippen LogP contribution in [0.1, 0.15) is 227 Å². The minimum atomic E-state index is -1.38. The molecule has 7 aromatic heterocycles. The van der Waals surface area contributed by atoms with E-state index in [1.54, 1.807) is 81.1 Å². The summed E-state index contributed by atoms with van der Waals surface area (Å²) < 4.78 is 21.7. The molecule has 4 saturated heterocycles. The summed E-state index contributed by atoms with van der Waals surface area (Å²) in [6.07, 6.45) is 1.18. The number of hydrogen-bond acceptors (Lipinski definition) is 28. The van der Waals surface area contributed by atoms with E-state index in [1.807, 2.05) is 205 Å². The Kier molecular flexibility index (Phi) is 34.1. The zero-order chi connectivity index (χ0) is 102. The number of likely N-dealkylation sites (tertiary alicyclic amines) is 4. The highest BCUT2D eigenvalue weighted by Crippen LogP contribution is 2.43. The Hall–Kier alpha value is -12.3. The minimum Gasteiger partial charge on any atom is -0.443 e. The van der Waals surface area contributed by atoms with Crippen molar-refractivity contribution >= 4 is 86.7 Å². The molecule has 12 aromatic rings. The van der Waals surface area contributed by atoms with E-state index in [0.29, 0.717) is 91.4 Å². The Balaban J connectivity index is 0.000000151. The molecule has 142 heavy (non-hydrogen) atoms. The first kappa shape index (κ1) is 105. The van der Waals surface area contributed by atoms with E-state index in [9.17, 15) is 68.7 Å². The largest absolute Gasteiger partial charge is 0.443 e. The summed E-state index contributed by atoms with van der Waals surface area (Å²) in [7, 11) is 0. The van der Waals surface area contributed by atoms with Crippen LogP contribution in [0.4, 0.5) is 0 Å². The lowest BCUT2D eigenvalue weighted by atomic mass is 9.78. The van der Waals surface area contributed by atoms with Gasteiger partial charge in [0.2, 0.25) is 23.6 Å². The van der Waals surface area contributed by atoms with Crippen LogP contribution in [0.15, 0.2) is 180 Å². The Bertz CT molecular complexity index is 6230. The van der Waals surface area contributed by atoms with E-state index in [4.69, 9.17) is 18.0 Å². The van der Waals surface area contributed by atoms with Crippen LogP contribution in [0.25, 0.3) is 42.6 Å². The topological polar surface area (TPSA) is 414 Å². The second kappa shape index (κ2) is 45.9. The zero-order valence-corrected chi connectivity index (χ0v) is 85.8. The number of hydrogen-bond donors (Lipinski definition) is 5. The van der Waals surface area contributed by atoms with Crippen LogP contribution in [0, 0.1) is 65.2 Å². The van der Waals surface area contributed by atoms with Gasteiger partial charge in [0.15, 0.2) is 35.3 Å². The van der Waals surface area contributed by atoms with Gasteiger partial charge in [-0.2, -0.15) is 0 Å². The van der Waals surface area contributed by atoms with Crippen LogP contribution in [0.2, 0.25) is 0 Å². The fraction of sp³-hybridized carbons (Fsp3) is 0.450. The molecule has 13 atom stereocenters. The lowest BCUT2D eigenvalue weighted by Gasteiger charge is -2.35. The van der Waals surface area contributed by atoms with Crippen LogP contribution in [-0.4, -0.2) is 225 Å². The highest BCUT2D eigenvalue weighted by molar-refractivity contribution is 7.14. The highest BCUT2D eigenvalue weighted by atomic mass is 32.1. The molecule has 5 aliphatic heterocycles. The molecule has 0 unspecified atom stereocenters. The molecule has 0 aliphatic carbocycles. The van der Waals surface area contributed by atoms with Gasteiger partial charge in [-0.25, -0.2) is 19.9 Å². The summed E-state index contributed by atoms with van der Waals surface area (Å²) in [6.45, 7) is 31.3. The third kappa shape index (κ3) is 24.7. The molecule has 4 fully saturated rings. The zero-order valence-electron chi connectivity index (χ0n) is 83.3. The summed E-state index contributed by atoms with van der Waals surface area (Å²) in [6, 6.07) is 40.9. The third-order valence-corrected chi connectivity index (χ3v) is 30.1. The molecule has 0 saturated carbocycles. The van der Waals surface area contributed by atoms with Crippen LogP contribution in [-0.2, 0) is 70.6 Å². The van der Waals surface area contributed by atoms with E-state index < -0.39 is 95.2 Å². The van der Waals surface area contributed by atoms with Gasteiger partial charge in [0.1, 0.15) is 47.3 Å². The van der Waals surface area contributed by atoms with Gasteiger partial charge >= 0.3 is 0 Å². The number of aliphatic hydroxyl groups is 5. The maximum atomic E-state index is 13.9. The van der Waals surface area contributed by atoms with Crippen molar-refractivity contribution in [2.24, 2.45) is 16.7 Å². The lowest BCUT2D eigenvalue weighted by molar-refractivity contribution is -0.144. The third-order valence-electron chi connectivity index (χ3n) is 27.2. The molecule has 33 heteroatoms. The molecule has 5 amide bonds. The lowest BCUT2D eigenvalue weighted by Crippen LogP contribution is -2.55. The molecule has 0 spiro atoms. The number of nitrogens with zero attached hydrogens (tertiary/aromatic N) is 12. The number of fused-ring (bicyclic) bond motifs is 1. The van der Waals surface area contributed by atoms with Crippen molar-refractivity contribution in [3.63, 3.8) is 0 Å². The first-order chi connectivity index (χ1) is 67.6. The number of carbonyl (C=O) groups excluding carboxylic acids is 9. The van der Waals surface area contributed by atoms with Gasteiger partial charge in [-0.15, -0.1) is 34.0 Å². The van der Waals surface area contributed by atoms with E-state index in [1.165, 1.54) is 21.1 Å². The van der Waals surface area contributed by atoms with Crippen molar-refractivity contribution in [2.75, 3.05) is 26.2 Å². The molecule has 750 valence electrons. The number of rotatable bonds is 30. The summed E-state index contributed by atoms with van der Waals surface area (Å²) in [5.74, 6) is -1.39. The van der Waals surface area contributed by atoms with Crippen molar-refractivity contribution in [1.82, 2.24) is 59.9 Å². The van der Waals surface area contributed by atoms with E-state index in [-0.39, 0.29) is 111 Å². The summed E-state index contributed by atoms with van der Waals surface area (Å²) >= 11 is 4.80. The fourth-order valence-corrected chi connectivity index (χ4v) is 22.2. The number of carbonyl (C=O) groups is 9. The number of thiazole rings is 3. The van der Waals surface area contributed by atoms with Crippen LogP contribution >= 0.6 is 34.0 Å². The molecule has 30 nitrogen and oxygen atoms in total. The normalized spacial score (nSPS) is 19.8. The van der Waals surface area contributed by atoms with Gasteiger partial charge < -0.3 is 68.0 Å². The number of aliphatic hydroxyl groups excluding tert-OH is 5. The van der Waals surface area contributed by atoms with Gasteiger partial charge in [0, 0.05) is 100 Å². The standard InChI is InChI=1S/C30H33N3O5S.C27H33N3O5.C27H33N3O4S.C25H29N3O4S/c1-17(2)25(32-14-21-6-4-5-7-22(21)29(32)37)30(38)33-15-24(35)27(36)26(33)23(34)13-10-19-8-11-20(12-9-19)28-18(3)31-16-39-28;1-16-12-23(35-29-16)24(27(3,4)5)26(33)30-14-20(31)13-21(30)22(32)11-8-18-6-9-19(10-7-18)25-17(2)28-15-34-25;1-16-12-23(34-29-16)24(27(3,4)5)26(33)30-14-20(31)13-21(30)22(32)11-8-18-6-9-19(10-7-18)25-17(2)28-15-35-25;1-4-20(23-11-15(2)27-32-23)25(31)28-13-19(29)12-21(28)22(30)10-7-17-5-8-18(9-6-17)24-16(3)26-14-33-24/h4-9,11-12,16-17,24-27,35-36H,10,13-15H2,1-3H3;2*6-7,9-10,12,15,20-21,24,31H,8,11,13-14H2,1-5H3;5-6,8-9,11,14,19-21,29H,4,7,10,12-13H2,1-3H3/t24-,25-,26+,27-;2*20-,21+,24-;19-,20-,21+/m0111/s1. The number of Topliss-reactive ketones (excluding diaryl/α,β-unsaturated/α-hetero) is 4. The predicted octanol–water partition coefficient (Wildman–Crippen LogP) is 16.3.